The summed E-state index contributed by atoms with van der Waals surface area (Å²) in [4.78, 5) is 2.30. The number of likely N-dealkylation sites (tertiary alicyclic amines) is 1. The highest BCUT2D eigenvalue weighted by molar-refractivity contribution is 5.29. The van der Waals surface area contributed by atoms with Gasteiger partial charge in [0.15, 0.2) is 11.6 Å². The molecule has 0 saturated carbocycles. The van der Waals surface area contributed by atoms with Crippen LogP contribution in [0.5, 0.6) is 5.75 Å². The van der Waals surface area contributed by atoms with Crippen molar-refractivity contribution in [3.63, 3.8) is 0 Å². The normalized spacial score (nSPS) is 23.3. The Bertz CT molecular complexity index is 434. The fourth-order valence-corrected chi connectivity index (χ4v) is 2.48. The summed E-state index contributed by atoms with van der Waals surface area (Å²) < 4.78 is 18.5. The molecule has 1 aliphatic heterocycles. The van der Waals surface area contributed by atoms with E-state index in [0.717, 1.165) is 25.1 Å². The van der Waals surface area contributed by atoms with Gasteiger partial charge in [0.1, 0.15) is 0 Å². The van der Waals surface area contributed by atoms with Crippen LogP contribution in [-0.2, 0) is 6.54 Å². The maximum absolute atomic E-state index is 13.6. The highest BCUT2D eigenvalue weighted by atomic mass is 19.1. The van der Waals surface area contributed by atoms with E-state index in [4.69, 9.17) is 10.5 Å². The van der Waals surface area contributed by atoms with Gasteiger partial charge in [-0.05, 0) is 38.0 Å². The molecule has 1 fully saturated rings. The predicted molar refractivity (Wildman–Crippen MR) is 70.0 cm³/mol. The van der Waals surface area contributed by atoms with Crippen LogP contribution in [0.3, 0.4) is 0 Å². The van der Waals surface area contributed by atoms with E-state index >= 15 is 0 Å². The highest BCUT2D eigenvalue weighted by Gasteiger charge is 2.38. The first-order valence-electron chi connectivity index (χ1n) is 6.28. The molecule has 4 heteroatoms. The van der Waals surface area contributed by atoms with E-state index in [1.165, 1.54) is 7.11 Å². The van der Waals surface area contributed by atoms with Gasteiger partial charge in [0.25, 0.3) is 0 Å². The Hall–Kier alpha value is -1.13. The third-order valence-corrected chi connectivity index (χ3v) is 4.02. The number of nitrogens with two attached hydrogens (primary N) is 1. The minimum Gasteiger partial charge on any atom is -0.494 e. The molecular weight excluding hydrogens is 231 g/mol. The molecule has 0 bridgehead atoms. The van der Waals surface area contributed by atoms with Gasteiger partial charge in [0, 0.05) is 24.7 Å². The second kappa shape index (κ2) is 4.86. The van der Waals surface area contributed by atoms with Gasteiger partial charge in [-0.2, -0.15) is 0 Å². The minimum atomic E-state index is -0.309. The van der Waals surface area contributed by atoms with Crippen molar-refractivity contribution in [2.45, 2.75) is 38.4 Å². The molecule has 0 aliphatic carbocycles. The lowest BCUT2D eigenvalue weighted by molar-refractivity contribution is 0.154. The monoisotopic (exact) mass is 252 g/mol. The van der Waals surface area contributed by atoms with E-state index < -0.39 is 0 Å². The third kappa shape index (κ3) is 2.35. The Kier molecular flexibility index (Phi) is 3.59. The second-order valence-electron chi connectivity index (χ2n) is 5.44. The number of hydrogen-bond acceptors (Lipinski definition) is 3. The highest BCUT2D eigenvalue weighted by Crippen LogP contribution is 2.29. The van der Waals surface area contributed by atoms with Gasteiger partial charge < -0.3 is 10.5 Å². The van der Waals surface area contributed by atoms with Crippen LogP contribution in [0.1, 0.15) is 25.8 Å². The van der Waals surface area contributed by atoms with Gasteiger partial charge in [-0.25, -0.2) is 4.39 Å². The summed E-state index contributed by atoms with van der Waals surface area (Å²) in [5.74, 6) is -0.0209. The first-order chi connectivity index (χ1) is 8.45. The van der Waals surface area contributed by atoms with Crippen molar-refractivity contribution in [3.05, 3.63) is 29.6 Å². The van der Waals surface area contributed by atoms with Gasteiger partial charge in [0.2, 0.25) is 0 Å². The average Bonchev–Trinajstić information content (AvgIpc) is 2.56. The molecule has 0 radical (unpaired) electrons. The summed E-state index contributed by atoms with van der Waals surface area (Å²) in [7, 11) is 1.47. The smallest absolute Gasteiger partial charge is 0.165 e. The molecule has 1 aromatic rings. The van der Waals surface area contributed by atoms with Crippen molar-refractivity contribution >= 4 is 0 Å². The zero-order valence-corrected chi connectivity index (χ0v) is 11.2. The molecule has 100 valence electrons. The van der Waals surface area contributed by atoms with E-state index in [1.54, 1.807) is 12.1 Å². The van der Waals surface area contributed by atoms with Crippen LogP contribution in [-0.4, -0.2) is 30.1 Å². The third-order valence-electron chi connectivity index (χ3n) is 4.02. The first-order valence-corrected chi connectivity index (χ1v) is 6.28. The Morgan fingerprint density at radius 2 is 2.22 bits per heavy atom. The number of halogens is 1. The lowest BCUT2D eigenvalue weighted by atomic mass is 9.96. The Morgan fingerprint density at radius 1 is 1.50 bits per heavy atom. The standard InChI is InChI=1S/C14H21FN2O/c1-14(2)13(16)6-7-17(14)9-10-4-5-12(18-3)11(15)8-10/h4-5,8,13H,6-7,9,16H2,1-3H3. The molecule has 0 aromatic heterocycles. The first kappa shape index (κ1) is 13.3. The SMILES string of the molecule is COc1ccc(CN2CCC(N)C2(C)C)cc1F. The quantitative estimate of drug-likeness (QED) is 0.895. The summed E-state index contributed by atoms with van der Waals surface area (Å²) in [6, 6.07) is 5.30. The molecular formula is C14H21FN2O. The van der Waals surface area contributed by atoms with Crippen molar-refractivity contribution in [3.8, 4) is 5.75 Å². The summed E-state index contributed by atoms with van der Waals surface area (Å²) in [5.41, 5.74) is 7.02. The molecule has 0 amide bonds. The molecule has 1 aromatic carbocycles. The van der Waals surface area contributed by atoms with Gasteiger partial charge in [-0.1, -0.05) is 6.07 Å². The number of methoxy groups -OCH3 is 1. The Labute approximate surface area is 108 Å². The van der Waals surface area contributed by atoms with Crippen LogP contribution < -0.4 is 10.5 Å². The summed E-state index contributed by atoms with van der Waals surface area (Å²) in [6.07, 6.45) is 0.992. The molecule has 0 spiro atoms. The average molecular weight is 252 g/mol. The lowest BCUT2D eigenvalue weighted by Crippen LogP contribution is -2.48. The topological polar surface area (TPSA) is 38.5 Å². The van der Waals surface area contributed by atoms with Crippen molar-refractivity contribution in [1.82, 2.24) is 4.90 Å². The van der Waals surface area contributed by atoms with Crippen molar-refractivity contribution in [2.75, 3.05) is 13.7 Å². The van der Waals surface area contributed by atoms with Gasteiger partial charge in [-0.15, -0.1) is 0 Å². The van der Waals surface area contributed by atoms with Crippen LogP contribution in [0, 0.1) is 5.82 Å². The largest absolute Gasteiger partial charge is 0.494 e. The fourth-order valence-electron chi connectivity index (χ4n) is 2.48. The molecule has 1 atom stereocenters. The number of benzene rings is 1. The maximum Gasteiger partial charge on any atom is 0.165 e. The molecule has 3 nitrogen and oxygen atoms in total. The van der Waals surface area contributed by atoms with Crippen molar-refractivity contribution < 1.29 is 9.13 Å². The van der Waals surface area contributed by atoms with E-state index in [9.17, 15) is 4.39 Å². The van der Waals surface area contributed by atoms with Crippen LogP contribution in [0.15, 0.2) is 18.2 Å². The lowest BCUT2D eigenvalue weighted by Gasteiger charge is -2.34. The van der Waals surface area contributed by atoms with E-state index in [2.05, 4.69) is 18.7 Å². The van der Waals surface area contributed by atoms with Crippen LogP contribution in [0.4, 0.5) is 4.39 Å². The number of ether oxygens (including phenoxy) is 1. The van der Waals surface area contributed by atoms with E-state index in [0.29, 0.717) is 0 Å². The van der Waals surface area contributed by atoms with E-state index in [-0.39, 0.29) is 23.1 Å². The number of nitrogens with zero attached hydrogens (tertiary/aromatic N) is 1. The maximum atomic E-state index is 13.6. The van der Waals surface area contributed by atoms with Crippen LogP contribution in [0.2, 0.25) is 0 Å². The zero-order chi connectivity index (χ0) is 13.3. The summed E-state index contributed by atoms with van der Waals surface area (Å²) >= 11 is 0. The molecule has 2 N–H and O–H groups in total. The van der Waals surface area contributed by atoms with Crippen molar-refractivity contribution in [1.29, 1.82) is 0 Å². The van der Waals surface area contributed by atoms with Gasteiger partial charge in [0.05, 0.1) is 7.11 Å². The Balaban J connectivity index is 2.13. The summed E-state index contributed by atoms with van der Waals surface area (Å²) in [6.45, 7) is 5.97. The fraction of sp³-hybridized carbons (Fsp3) is 0.571. The molecule has 18 heavy (non-hydrogen) atoms. The number of hydrogen-bond donors (Lipinski definition) is 1. The summed E-state index contributed by atoms with van der Waals surface area (Å²) in [5, 5.41) is 0. The molecule has 1 heterocycles. The van der Waals surface area contributed by atoms with Crippen molar-refractivity contribution in [2.24, 2.45) is 5.73 Å². The van der Waals surface area contributed by atoms with E-state index in [1.807, 2.05) is 6.07 Å². The molecule has 1 unspecified atom stereocenters. The molecule has 2 rings (SSSR count). The molecule has 1 aliphatic rings. The van der Waals surface area contributed by atoms with Gasteiger partial charge >= 0.3 is 0 Å². The van der Waals surface area contributed by atoms with Crippen LogP contribution in [0.25, 0.3) is 0 Å². The molecule has 1 saturated heterocycles. The Morgan fingerprint density at radius 3 is 2.72 bits per heavy atom. The van der Waals surface area contributed by atoms with Crippen LogP contribution >= 0.6 is 0 Å². The minimum absolute atomic E-state index is 0.0313. The zero-order valence-electron chi connectivity index (χ0n) is 11.2. The van der Waals surface area contributed by atoms with Gasteiger partial charge in [-0.3, -0.25) is 4.90 Å². The predicted octanol–water partition coefficient (Wildman–Crippen LogP) is 2.15. The second-order valence-corrected chi connectivity index (χ2v) is 5.44. The number of rotatable bonds is 3.